The largest absolute Gasteiger partial charge is 0.246 e. The Morgan fingerprint density at radius 1 is 1.19 bits per heavy atom. The fourth-order valence-electron chi connectivity index (χ4n) is 4.15. The van der Waals surface area contributed by atoms with Gasteiger partial charge in [0, 0.05) is 0 Å². The van der Waals surface area contributed by atoms with Crippen LogP contribution in [0.4, 0.5) is 0 Å². The molecule has 1 heterocycles. The third-order valence-corrected chi connectivity index (χ3v) is 5.72. The van der Waals surface area contributed by atoms with Crippen LogP contribution in [0.1, 0.15) is 71.8 Å². The van der Waals surface area contributed by atoms with Gasteiger partial charge in [-0.05, 0) is 61.7 Å². The van der Waals surface area contributed by atoms with Gasteiger partial charge < -0.3 is 0 Å². The molecule has 0 amide bonds. The van der Waals surface area contributed by atoms with Gasteiger partial charge in [-0.1, -0.05) is 39.8 Å². The summed E-state index contributed by atoms with van der Waals surface area (Å²) in [6, 6.07) is 0.456. The molecule has 0 aliphatic heterocycles. The van der Waals surface area contributed by atoms with Crippen molar-refractivity contribution in [1.29, 1.82) is 0 Å². The van der Waals surface area contributed by atoms with Gasteiger partial charge in [0.2, 0.25) is 0 Å². The summed E-state index contributed by atoms with van der Waals surface area (Å²) >= 11 is 0. The molecule has 2 aliphatic carbocycles. The molecule has 0 bridgehead atoms. The highest BCUT2D eigenvalue weighted by Gasteiger charge is 2.52. The highest BCUT2D eigenvalue weighted by atomic mass is 15.4. The van der Waals surface area contributed by atoms with Crippen molar-refractivity contribution in [1.82, 2.24) is 15.0 Å². The molecule has 0 N–H and O–H groups in total. The molecule has 21 heavy (non-hydrogen) atoms. The van der Waals surface area contributed by atoms with Crippen LogP contribution < -0.4 is 0 Å². The van der Waals surface area contributed by atoms with E-state index in [1.807, 2.05) is 0 Å². The molecule has 1 fully saturated rings. The van der Waals surface area contributed by atoms with Crippen LogP contribution in [0.3, 0.4) is 0 Å². The SMILES string of the molecule is CC(C)C(C)n1nnc2c1C[C@@H]1C(CC(C)(C)C)[C@@H]1CC2. The lowest BCUT2D eigenvalue weighted by molar-refractivity contribution is 0.332. The first kappa shape index (κ1) is 15.1. The van der Waals surface area contributed by atoms with Gasteiger partial charge in [0.15, 0.2) is 0 Å². The van der Waals surface area contributed by atoms with Crippen LogP contribution in [0, 0.1) is 29.1 Å². The van der Waals surface area contributed by atoms with Crippen molar-refractivity contribution >= 4 is 0 Å². The van der Waals surface area contributed by atoms with Crippen LogP contribution in [0.15, 0.2) is 0 Å². The topological polar surface area (TPSA) is 30.7 Å². The second-order valence-electron chi connectivity index (χ2n) is 8.91. The van der Waals surface area contributed by atoms with Gasteiger partial charge in [0.25, 0.3) is 0 Å². The maximum absolute atomic E-state index is 4.49. The molecular weight excluding hydrogens is 258 g/mol. The Hall–Kier alpha value is -0.860. The molecule has 2 unspecified atom stereocenters. The molecule has 0 aromatic carbocycles. The van der Waals surface area contributed by atoms with Crippen LogP contribution in [0.2, 0.25) is 0 Å². The minimum absolute atomic E-state index is 0.456. The zero-order chi connectivity index (χ0) is 15.4. The monoisotopic (exact) mass is 289 g/mol. The first-order valence-electron chi connectivity index (χ1n) is 8.71. The van der Waals surface area contributed by atoms with Crippen molar-refractivity contribution < 1.29 is 0 Å². The molecule has 0 spiro atoms. The lowest BCUT2D eigenvalue weighted by Gasteiger charge is -2.20. The Morgan fingerprint density at radius 3 is 2.52 bits per heavy atom. The average molecular weight is 289 g/mol. The lowest BCUT2D eigenvalue weighted by atomic mass is 9.88. The summed E-state index contributed by atoms with van der Waals surface area (Å²) in [5, 5.41) is 8.97. The number of nitrogens with zero attached hydrogens (tertiary/aromatic N) is 3. The first-order valence-corrected chi connectivity index (χ1v) is 8.71. The highest BCUT2D eigenvalue weighted by Crippen LogP contribution is 2.57. The zero-order valence-electron chi connectivity index (χ0n) is 14.6. The van der Waals surface area contributed by atoms with Crippen molar-refractivity contribution in [2.75, 3.05) is 0 Å². The van der Waals surface area contributed by atoms with E-state index in [1.165, 1.54) is 30.7 Å². The predicted molar refractivity (Wildman–Crippen MR) is 86.1 cm³/mol. The summed E-state index contributed by atoms with van der Waals surface area (Å²) in [6.45, 7) is 14.0. The summed E-state index contributed by atoms with van der Waals surface area (Å²) in [5.41, 5.74) is 3.19. The van der Waals surface area contributed by atoms with Crippen molar-refractivity contribution in [2.24, 2.45) is 29.1 Å². The minimum atomic E-state index is 0.456. The maximum atomic E-state index is 4.49. The van der Waals surface area contributed by atoms with E-state index in [0.29, 0.717) is 17.4 Å². The quantitative estimate of drug-likeness (QED) is 0.831. The molecule has 3 nitrogen and oxygen atoms in total. The summed E-state index contributed by atoms with van der Waals surface area (Å²) in [6.07, 6.45) is 5.05. The van der Waals surface area contributed by atoms with E-state index < -0.39 is 0 Å². The molecule has 1 aromatic rings. The summed E-state index contributed by atoms with van der Waals surface area (Å²) in [7, 11) is 0. The number of aromatic nitrogens is 3. The van der Waals surface area contributed by atoms with E-state index in [4.69, 9.17) is 0 Å². The van der Waals surface area contributed by atoms with Gasteiger partial charge in [-0.2, -0.15) is 0 Å². The van der Waals surface area contributed by atoms with Gasteiger partial charge in [-0.3, -0.25) is 0 Å². The fraction of sp³-hybridized carbons (Fsp3) is 0.889. The van der Waals surface area contributed by atoms with E-state index in [9.17, 15) is 0 Å². The van der Waals surface area contributed by atoms with Crippen molar-refractivity contribution in [2.45, 2.75) is 73.3 Å². The number of fused-ring (bicyclic) bond motifs is 2. The number of aryl methyl sites for hydroxylation is 1. The third kappa shape index (κ3) is 2.89. The Labute approximate surface area is 129 Å². The van der Waals surface area contributed by atoms with E-state index in [0.717, 1.165) is 24.2 Å². The third-order valence-electron chi connectivity index (χ3n) is 5.72. The predicted octanol–water partition coefficient (Wildman–Crippen LogP) is 4.28. The molecule has 2 aliphatic rings. The summed E-state index contributed by atoms with van der Waals surface area (Å²) in [4.78, 5) is 0. The first-order chi connectivity index (χ1) is 9.78. The fourth-order valence-corrected chi connectivity index (χ4v) is 4.15. The van der Waals surface area contributed by atoms with Gasteiger partial charge in [0.05, 0.1) is 17.4 Å². The van der Waals surface area contributed by atoms with E-state index in [-0.39, 0.29) is 0 Å². The summed E-state index contributed by atoms with van der Waals surface area (Å²) in [5.74, 6) is 3.39. The molecule has 1 aromatic heterocycles. The normalized spacial score (nSPS) is 29.8. The average Bonchev–Trinajstić information content (AvgIpc) is 2.89. The van der Waals surface area contributed by atoms with Crippen molar-refractivity contribution in [3.8, 4) is 0 Å². The van der Waals surface area contributed by atoms with Crippen LogP contribution in [0.5, 0.6) is 0 Å². The summed E-state index contributed by atoms with van der Waals surface area (Å²) < 4.78 is 2.23. The molecule has 0 radical (unpaired) electrons. The standard InChI is InChI=1S/C18H31N3/c1-11(2)12(3)21-17-9-14-13(7-8-16(17)19-20-21)15(14)10-18(4,5)6/h11-15H,7-10H2,1-6H3/t12?,13-,14+,15?/m1/s1. The number of hydrogen-bond donors (Lipinski definition) is 0. The van der Waals surface area contributed by atoms with Crippen LogP contribution in [-0.4, -0.2) is 15.0 Å². The van der Waals surface area contributed by atoms with E-state index in [1.54, 1.807) is 0 Å². The van der Waals surface area contributed by atoms with Crippen LogP contribution in [-0.2, 0) is 12.8 Å². The molecule has 4 atom stereocenters. The highest BCUT2D eigenvalue weighted by molar-refractivity contribution is 5.19. The van der Waals surface area contributed by atoms with E-state index >= 15 is 0 Å². The molecular formula is C18H31N3. The van der Waals surface area contributed by atoms with Crippen molar-refractivity contribution in [3.05, 3.63) is 11.4 Å². The Bertz CT molecular complexity index is 509. The minimum Gasteiger partial charge on any atom is -0.246 e. The molecule has 3 rings (SSSR count). The van der Waals surface area contributed by atoms with Gasteiger partial charge >= 0.3 is 0 Å². The lowest BCUT2D eigenvalue weighted by Crippen LogP contribution is -2.17. The molecule has 3 heteroatoms. The van der Waals surface area contributed by atoms with Crippen LogP contribution in [0.25, 0.3) is 0 Å². The smallest absolute Gasteiger partial charge is 0.0859 e. The van der Waals surface area contributed by atoms with Gasteiger partial charge in [-0.15, -0.1) is 5.10 Å². The van der Waals surface area contributed by atoms with Crippen molar-refractivity contribution in [3.63, 3.8) is 0 Å². The van der Waals surface area contributed by atoms with E-state index in [2.05, 4.69) is 56.5 Å². The Morgan fingerprint density at radius 2 is 1.90 bits per heavy atom. The molecule has 118 valence electrons. The zero-order valence-corrected chi connectivity index (χ0v) is 14.6. The van der Waals surface area contributed by atoms with Gasteiger partial charge in [0.1, 0.15) is 0 Å². The number of rotatable bonds is 3. The maximum Gasteiger partial charge on any atom is 0.0859 e. The molecule has 1 saturated carbocycles. The van der Waals surface area contributed by atoms with Gasteiger partial charge in [-0.25, -0.2) is 4.68 Å². The Balaban J connectivity index is 1.78. The molecule has 0 saturated heterocycles. The van der Waals surface area contributed by atoms with Crippen LogP contribution >= 0.6 is 0 Å². The number of hydrogen-bond acceptors (Lipinski definition) is 2. The second kappa shape index (κ2) is 5.10. The Kier molecular flexibility index (Phi) is 3.66. The second-order valence-corrected chi connectivity index (χ2v) is 8.91.